The zero-order chi connectivity index (χ0) is 4.12. The summed E-state index contributed by atoms with van der Waals surface area (Å²) in [7, 11) is 0. The van der Waals surface area contributed by atoms with Gasteiger partial charge in [0.15, 0.2) is 0 Å². The molecule has 0 saturated carbocycles. The predicted molar refractivity (Wildman–Crippen MR) is 11.4 cm³/mol. The van der Waals surface area contributed by atoms with Gasteiger partial charge in [0, 0.05) is 0 Å². The molecule has 0 aliphatic rings. The molecule has 0 unspecified atom stereocenters. The van der Waals surface area contributed by atoms with Gasteiger partial charge in [-0.15, -0.1) is 0 Å². The first-order valence-corrected chi connectivity index (χ1v) is 1.71. The Hall–Kier alpha value is -0.346. The molecule has 0 fully saturated rings. The second kappa shape index (κ2) is 3.65. The summed E-state index contributed by atoms with van der Waals surface area (Å²) < 4.78 is 0. The Morgan fingerprint density at radius 2 is 1.60 bits per heavy atom. The third-order valence-electron chi connectivity index (χ3n) is 0.0645. The first kappa shape index (κ1) is 4.65. The van der Waals surface area contributed by atoms with Crippen LogP contribution in [0.5, 0.6) is 0 Å². The van der Waals surface area contributed by atoms with Gasteiger partial charge in [-0.3, -0.25) is 0 Å². The van der Waals surface area contributed by atoms with Crippen LogP contribution in [-0.4, -0.2) is 9.72 Å². The molecule has 0 aliphatic carbocycles. The second-order valence-corrected chi connectivity index (χ2v) is 0.858. The van der Waals surface area contributed by atoms with Crippen LogP contribution in [0.25, 0.3) is 0 Å². The molecule has 0 radical (unpaired) electrons. The van der Waals surface area contributed by atoms with Crippen molar-refractivity contribution in [3.8, 4) is 0 Å². The Morgan fingerprint density at radius 1 is 1.20 bits per heavy atom. The van der Waals surface area contributed by atoms with E-state index in [1.54, 1.807) is 0 Å². The standard InChI is InChI=1S/2CO.Ni/c2*1-2;. The van der Waals surface area contributed by atoms with Crippen molar-refractivity contribution in [3.63, 3.8) is 0 Å². The normalized spacial score (nSPS) is 5.60. The van der Waals surface area contributed by atoms with Crippen LogP contribution in [0.1, 0.15) is 0 Å². The molecule has 0 aromatic heterocycles. The summed E-state index contributed by atoms with van der Waals surface area (Å²) >= 11 is 0.208. The van der Waals surface area contributed by atoms with E-state index in [1.165, 1.54) is 9.72 Å². The van der Waals surface area contributed by atoms with Crippen LogP contribution in [0, 0.1) is 0 Å². The van der Waals surface area contributed by atoms with E-state index in [9.17, 15) is 0 Å². The SMILES string of the molecule is O=[C]=[Ni]=[C]=O. The van der Waals surface area contributed by atoms with Crippen molar-refractivity contribution in [2.75, 3.05) is 0 Å². The molecule has 0 heterocycles. The second-order valence-electron chi connectivity index (χ2n) is 0.208. The first-order valence-electron chi connectivity index (χ1n) is 0.724. The zero-order valence-electron chi connectivity index (χ0n) is 2.13. The number of carbonyl (C=O) groups excluding carboxylic acids is 2. The summed E-state index contributed by atoms with van der Waals surface area (Å²) in [6, 6.07) is 0. The van der Waals surface area contributed by atoms with Gasteiger partial charge in [-0.05, 0) is 0 Å². The molecule has 0 rings (SSSR count). The summed E-state index contributed by atoms with van der Waals surface area (Å²) in [5.74, 6) is 0. The molecule has 0 N–H and O–H groups in total. The topological polar surface area (TPSA) is 34.1 Å². The van der Waals surface area contributed by atoms with Gasteiger partial charge in [-0.2, -0.15) is 0 Å². The molecule has 30 valence electrons. The summed E-state index contributed by atoms with van der Waals surface area (Å²) in [6.45, 7) is 0. The average molecular weight is 115 g/mol. The van der Waals surface area contributed by atoms with Gasteiger partial charge in [0.05, 0.1) is 0 Å². The maximum absolute atomic E-state index is 8.99. The fourth-order valence-electron chi connectivity index (χ4n) is 0.0132. The quantitative estimate of drug-likeness (QED) is 0.387. The number of hydrogen-bond acceptors (Lipinski definition) is 2. The summed E-state index contributed by atoms with van der Waals surface area (Å²) in [4.78, 5) is 20.5. The van der Waals surface area contributed by atoms with Crippen molar-refractivity contribution in [2.24, 2.45) is 0 Å². The van der Waals surface area contributed by atoms with Gasteiger partial charge in [0.1, 0.15) is 0 Å². The molecule has 0 atom stereocenters. The van der Waals surface area contributed by atoms with Crippen molar-refractivity contribution >= 4 is 9.72 Å². The predicted octanol–water partition coefficient (Wildman–Crippen LogP) is -0.797. The van der Waals surface area contributed by atoms with E-state index < -0.39 is 0 Å². The van der Waals surface area contributed by atoms with Gasteiger partial charge >= 0.3 is 32.9 Å². The van der Waals surface area contributed by atoms with E-state index in [1.807, 2.05) is 0 Å². The van der Waals surface area contributed by atoms with E-state index in [4.69, 9.17) is 9.59 Å². The van der Waals surface area contributed by atoms with E-state index in [2.05, 4.69) is 0 Å². The van der Waals surface area contributed by atoms with Gasteiger partial charge in [0.25, 0.3) is 0 Å². The monoisotopic (exact) mass is 114 g/mol. The molecule has 0 aromatic rings. The number of rotatable bonds is 0. The molecule has 0 amide bonds. The minimum atomic E-state index is 0.208. The Bertz CT molecular complexity index is 99.6. The van der Waals surface area contributed by atoms with Crippen molar-refractivity contribution in [1.82, 2.24) is 0 Å². The van der Waals surface area contributed by atoms with Crippen LogP contribution in [0.2, 0.25) is 0 Å². The van der Waals surface area contributed by atoms with E-state index in [0.717, 1.165) is 0 Å². The molecular weight excluding hydrogens is 115 g/mol. The molecule has 3 heteroatoms. The summed E-state index contributed by atoms with van der Waals surface area (Å²) in [6.07, 6.45) is 0. The minimum absolute atomic E-state index is 0.208. The Morgan fingerprint density at radius 3 is 1.60 bits per heavy atom. The van der Waals surface area contributed by atoms with Crippen LogP contribution in [0.3, 0.4) is 0 Å². The molecule has 5 heavy (non-hydrogen) atoms. The third kappa shape index (κ3) is 3.65. The van der Waals surface area contributed by atoms with Crippen molar-refractivity contribution in [2.45, 2.75) is 0 Å². The molecular formula is C2NiO2. The molecule has 0 aromatic carbocycles. The molecule has 0 aliphatic heterocycles. The molecule has 0 saturated heterocycles. The average Bonchev–Trinajstić information content (AvgIpc) is 1.41. The Kier molecular flexibility index (Phi) is 3.40. The summed E-state index contributed by atoms with van der Waals surface area (Å²) in [5, 5.41) is 0. The maximum atomic E-state index is 8.99. The first-order chi connectivity index (χ1) is 2.41. The van der Waals surface area contributed by atoms with Crippen LogP contribution in [-0.2, 0) is 23.2 Å². The molecule has 2 nitrogen and oxygen atoms in total. The fourth-order valence-corrected chi connectivity index (χ4v) is 0.0543. The molecule has 0 spiro atoms. The van der Waals surface area contributed by atoms with Crippen LogP contribution in [0.15, 0.2) is 0 Å². The number of hydrogen-bond donors (Lipinski definition) is 0. The Labute approximate surface area is 33.7 Å². The van der Waals surface area contributed by atoms with Crippen molar-refractivity contribution in [1.29, 1.82) is 0 Å². The van der Waals surface area contributed by atoms with Crippen LogP contribution in [0.4, 0.5) is 0 Å². The van der Waals surface area contributed by atoms with Gasteiger partial charge < -0.3 is 0 Å². The Balaban J connectivity index is 4.38. The van der Waals surface area contributed by atoms with Crippen LogP contribution >= 0.6 is 0 Å². The zero-order valence-corrected chi connectivity index (χ0v) is 3.12. The van der Waals surface area contributed by atoms with Gasteiger partial charge in [0.2, 0.25) is 0 Å². The van der Waals surface area contributed by atoms with Crippen molar-refractivity contribution in [3.05, 3.63) is 0 Å². The molecule has 0 bridgehead atoms. The third-order valence-corrected chi connectivity index (χ3v) is 0.266. The fraction of sp³-hybridized carbons (Fsp3) is 0. The van der Waals surface area contributed by atoms with E-state index >= 15 is 0 Å². The van der Waals surface area contributed by atoms with Gasteiger partial charge in [-0.25, -0.2) is 0 Å². The summed E-state index contributed by atoms with van der Waals surface area (Å²) in [5.41, 5.74) is 0. The van der Waals surface area contributed by atoms with Gasteiger partial charge in [-0.1, -0.05) is 0 Å². The van der Waals surface area contributed by atoms with E-state index in [-0.39, 0.29) is 13.6 Å². The van der Waals surface area contributed by atoms with Crippen LogP contribution < -0.4 is 0 Å². The van der Waals surface area contributed by atoms with E-state index in [0.29, 0.717) is 0 Å². The van der Waals surface area contributed by atoms with Crippen molar-refractivity contribution < 1.29 is 23.2 Å².